The van der Waals surface area contributed by atoms with Gasteiger partial charge in [-0.3, -0.25) is 9.78 Å². The Hall–Kier alpha value is -0.950. The topological polar surface area (TPSA) is 36.4 Å². The summed E-state index contributed by atoms with van der Waals surface area (Å²) in [4.78, 5) is 22.5. The van der Waals surface area contributed by atoms with Gasteiger partial charge in [0, 0.05) is 45.6 Å². The second kappa shape index (κ2) is 10.6. The van der Waals surface area contributed by atoms with Crippen molar-refractivity contribution in [2.45, 2.75) is 50.9 Å². The van der Waals surface area contributed by atoms with Gasteiger partial charge in [0.1, 0.15) is 0 Å². The van der Waals surface area contributed by atoms with Crippen LogP contribution in [0.5, 0.6) is 0 Å². The standard InChI is InChI=1S/C27H32Br2ClN3O/c1-32-8-4-17(5-9-32)12-24(34)33-10-6-18(7-11-33)26-25-19(14-22(30)15-23(25)29)2-3-20-13-21(28)16-31-27(20)26/h13-18,26H,2-12H2,1H3/t26-/m1/s1. The molecule has 182 valence electrons. The van der Waals surface area contributed by atoms with Crippen molar-refractivity contribution in [1.82, 2.24) is 14.8 Å². The molecule has 1 aromatic heterocycles. The summed E-state index contributed by atoms with van der Waals surface area (Å²) < 4.78 is 2.11. The zero-order chi connectivity index (χ0) is 23.8. The molecule has 2 fully saturated rings. The number of likely N-dealkylation sites (tertiary alicyclic amines) is 2. The third-order valence-electron chi connectivity index (χ3n) is 8.08. The van der Waals surface area contributed by atoms with Gasteiger partial charge >= 0.3 is 0 Å². The largest absolute Gasteiger partial charge is 0.343 e. The van der Waals surface area contributed by atoms with Gasteiger partial charge in [-0.25, -0.2) is 0 Å². The van der Waals surface area contributed by atoms with Crippen LogP contribution in [0, 0.1) is 11.8 Å². The molecule has 1 amide bonds. The number of aromatic nitrogens is 1. The predicted octanol–water partition coefficient (Wildman–Crippen LogP) is 6.46. The van der Waals surface area contributed by atoms with E-state index in [9.17, 15) is 4.79 Å². The zero-order valence-electron chi connectivity index (χ0n) is 19.7. The first kappa shape index (κ1) is 24.7. The summed E-state index contributed by atoms with van der Waals surface area (Å²) in [5, 5.41) is 0.777. The molecule has 0 radical (unpaired) electrons. The highest BCUT2D eigenvalue weighted by molar-refractivity contribution is 9.10. The van der Waals surface area contributed by atoms with Crippen molar-refractivity contribution < 1.29 is 4.79 Å². The highest BCUT2D eigenvalue weighted by Crippen LogP contribution is 2.46. The van der Waals surface area contributed by atoms with E-state index in [1.165, 1.54) is 22.4 Å². The minimum Gasteiger partial charge on any atom is -0.343 e. The lowest BCUT2D eigenvalue weighted by atomic mass is 9.76. The molecule has 2 saturated heterocycles. The monoisotopic (exact) mass is 607 g/mol. The third kappa shape index (κ3) is 5.25. The number of rotatable bonds is 3. The van der Waals surface area contributed by atoms with Gasteiger partial charge in [0.2, 0.25) is 5.91 Å². The van der Waals surface area contributed by atoms with Crippen molar-refractivity contribution in [3.05, 3.63) is 60.7 Å². The summed E-state index contributed by atoms with van der Waals surface area (Å²) in [5.41, 5.74) is 5.17. The van der Waals surface area contributed by atoms with Gasteiger partial charge in [0.05, 0.1) is 5.69 Å². The van der Waals surface area contributed by atoms with Crippen LogP contribution in [0.4, 0.5) is 0 Å². The van der Waals surface area contributed by atoms with Gasteiger partial charge in [0.25, 0.3) is 0 Å². The number of nitrogens with zero attached hydrogens (tertiary/aromatic N) is 3. The molecule has 3 aliphatic rings. The first-order valence-corrected chi connectivity index (χ1v) is 14.4. The highest BCUT2D eigenvalue weighted by atomic mass is 79.9. The van der Waals surface area contributed by atoms with Gasteiger partial charge < -0.3 is 9.80 Å². The van der Waals surface area contributed by atoms with Crippen LogP contribution < -0.4 is 0 Å². The van der Waals surface area contributed by atoms with Gasteiger partial charge in [-0.2, -0.15) is 0 Å². The number of carbonyl (C=O) groups is 1. The number of halogens is 3. The molecule has 34 heavy (non-hydrogen) atoms. The summed E-state index contributed by atoms with van der Waals surface area (Å²) in [6, 6.07) is 6.39. The van der Waals surface area contributed by atoms with E-state index < -0.39 is 0 Å². The van der Waals surface area contributed by atoms with E-state index in [-0.39, 0.29) is 5.92 Å². The Morgan fingerprint density at radius 2 is 1.74 bits per heavy atom. The number of aryl methyl sites for hydroxylation is 2. The molecule has 0 saturated carbocycles. The third-order valence-corrected chi connectivity index (χ3v) is 9.39. The van der Waals surface area contributed by atoms with Crippen molar-refractivity contribution in [1.29, 1.82) is 0 Å². The summed E-state index contributed by atoms with van der Waals surface area (Å²) in [6.45, 7) is 3.92. The summed E-state index contributed by atoms with van der Waals surface area (Å²) in [7, 11) is 2.17. The van der Waals surface area contributed by atoms with E-state index in [1.54, 1.807) is 0 Å². The fourth-order valence-electron chi connectivity index (χ4n) is 6.15. The molecule has 1 atom stereocenters. The van der Waals surface area contributed by atoms with Gasteiger partial charge in [-0.15, -0.1) is 0 Å². The minimum atomic E-state index is 0.221. The molecule has 1 aromatic carbocycles. The number of fused-ring (bicyclic) bond motifs is 2. The number of hydrogen-bond donors (Lipinski definition) is 0. The van der Waals surface area contributed by atoms with E-state index in [4.69, 9.17) is 16.6 Å². The smallest absolute Gasteiger partial charge is 0.222 e. The molecule has 0 N–H and O–H groups in total. The Balaban J connectivity index is 1.35. The Labute approximate surface area is 224 Å². The molecule has 2 aromatic rings. The van der Waals surface area contributed by atoms with Crippen LogP contribution >= 0.6 is 43.5 Å². The number of pyridine rings is 1. The number of amides is 1. The van der Waals surface area contributed by atoms with E-state index >= 15 is 0 Å². The Morgan fingerprint density at radius 1 is 1.03 bits per heavy atom. The number of benzene rings is 1. The maximum absolute atomic E-state index is 13.1. The lowest BCUT2D eigenvalue weighted by Crippen LogP contribution is -2.41. The number of hydrogen-bond acceptors (Lipinski definition) is 3. The summed E-state index contributed by atoms with van der Waals surface area (Å²) >= 11 is 13.9. The van der Waals surface area contributed by atoms with Gasteiger partial charge in [-0.1, -0.05) is 27.5 Å². The minimum absolute atomic E-state index is 0.221. The molecule has 0 bridgehead atoms. The Morgan fingerprint density at radius 3 is 2.47 bits per heavy atom. The van der Waals surface area contributed by atoms with Crippen molar-refractivity contribution in [2.75, 3.05) is 33.2 Å². The Bertz CT molecular complexity index is 1060. The second-order valence-electron chi connectivity index (χ2n) is 10.3. The molecule has 5 rings (SSSR count). The first-order chi connectivity index (χ1) is 16.4. The Kier molecular flexibility index (Phi) is 7.69. The van der Waals surface area contributed by atoms with Crippen LogP contribution in [0.15, 0.2) is 33.3 Å². The van der Waals surface area contributed by atoms with Gasteiger partial charge in [-0.05, 0) is 121 Å². The van der Waals surface area contributed by atoms with E-state index in [0.717, 1.165) is 78.7 Å². The number of carbonyl (C=O) groups excluding carboxylic acids is 1. The summed E-state index contributed by atoms with van der Waals surface area (Å²) in [6.07, 6.45) is 8.88. The lowest BCUT2D eigenvalue weighted by molar-refractivity contribution is -0.134. The molecule has 1 aliphatic carbocycles. The highest BCUT2D eigenvalue weighted by Gasteiger charge is 2.36. The fourth-order valence-corrected chi connectivity index (χ4v) is 7.65. The first-order valence-electron chi connectivity index (χ1n) is 12.5. The molecular weight excluding hydrogens is 578 g/mol. The van der Waals surface area contributed by atoms with E-state index in [2.05, 4.69) is 60.8 Å². The average molecular weight is 610 g/mol. The molecule has 3 heterocycles. The van der Waals surface area contributed by atoms with Crippen LogP contribution in [0.3, 0.4) is 0 Å². The van der Waals surface area contributed by atoms with Crippen molar-refractivity contribution in [2.24, 2.45) is 11.8 Å². The maximum atomic E-state index is 13.1. The van der Waals surface area contributed by atoms with Crippen LogP contribution in [-0.2, 0) is 17.6 Å². The number of piperidine rings is 2. The van der Waals surface area contributed by atoms with E-state index in [1.807, 2.05) is 12.3 Å². The molecule has 2 aliphatic heterocycles. The quantitative estimate of drug-likeness (QED) is 0.401. The molecular formula is C27H32Br2ClN3O. The van der Waals surface area contributed by atoms with Crippen LogP contribution in [0.1, 0.15) is 60.4 Å². The summed E-state index contributed by atoms with van der Waals surface area (Å²) in [5.74, 6) is 1.57. The SMILES string of the molecule is CN1CCC(CC(=O)N2CCC([C@H]3c4ncc(Br)cc4CCc4cc(Cl)cc(Br)c43)CC2)CC1. The van der Waals surface area contributed by atoms with E-state index in [0.29, 0.717) is 24.2 Å². The molecule has 0 spiro atoms. The van der Waals surface area contributed by atoms with Crippen LogP contribution in [0.25, 0.3) is 0 Å². The van der Waals surface area contributed by atoms with Crippen LogP contribution in [0.2, 0.25) is 5.02 Å². The van der Waals surface area contributed by atoms with Crippen molar-refractivity contribution in [3.63, 3.8) is 0 Å². The molecule has 7 heteroatoms. The maximum Gasteiger partial charge on any atom is 0.222 e. The van der Waals surface area contributed by atoms with Crippen molar-refractivity contribution in [3.8, 4) is 0 Å². The average Bonchev–Trinajstić information content (AvgIpc) is 2.97. The normalized spacial score (nSPS) is 22.2. The zero-order valence-corrected chi connectivity index (χ0v) is 23.6. The molecule has 0 unspecified atom stereocenters. The lowest BCUT2D eigenvalue weighted by Gasteiger charge is -2.38. The molecule has 4 nitrogen and oxygen atoms in total. The van der Waals surface area contributed by atoms with Crippen molar-refractivity contribution >= 4 is 49.4 Å². The second-order valence-corrected chi connectivity index (χ2v) is 12.5. The fraction of sp³-hybridized carbons (Fsp3) is 0.556. The predicted molar refractivity (Wildman–Crippen MR) is 144 cm³/mol. The van der Waals surface area contributed by atoms with Crippen LogP contribution in [-0.4, -0.2) is 53.9 Å². The van der Waals surface area contributed by atoms with Gasteiger partial charge in [0.15, 0.2) is 0 Å².